The van der Waals surface area contributed by atoms with E-state index in [1.165, 1.54) is 57.9 Å². The molecule has 0 fully saturated rings. The molecule has 0 aromatic carbocycles. The number of nitrogens with one attached hydrogen (secondary N) is 1. The van der Waals surface area contributed by atoms with Crippen LogP contribution in [0.5, 0.6) is 0 Å². The molecular formula is C15H29N. The number of unbranched alkanes of at least 4 members (excludes halogenated alkanes) is 3. The molecule has 1 N–H and O–H groups in total. The smallest absolute Gasteiger partial charge is 0.00388 e. The Bertz CT molecular complexity index is 186. The molecule has 1 aliphatic rings. The van der Waals surface area contributed by atoms with Crippen LogP contribution >= 0.6 is 0 Å². The van der Waals surface area contributed by atoms with E-state index in [0.29, 0.717) is 6.04 Å². The predicted molar refractivity (Wildman–Crippen MR) is 72.7 cm³/mol. The van der Waals surface area contributed by atoms with Gasteiger partial charge >= 0.3 is 0 Å². The fourth-order valence-electron chi connectivity index (χ4n) is 2.39. The summed E-state index contributed by atoms with van der Waals surface area (Å²) in [6.45, 7) is 5.84. The van der Waals surface area contributed by atoms with Crippen LogP contribution in [-0.4, -0.2) is 12.6 Å². The molecule has 1 rings (SSSR count). The van der Waals surface area contributed by atoms with Gasteiger partial charge in [0.2, 0.25) is 0 Å². The molecule has 0 aliphatic heterocycles. The van der Waals surface area contributed by atoms with Crippen molar-refractivity contribution in [1.82, 2.24) is 5.32 Å². The fraction of sp³-hybridized carbons (Fsp3) is 0.867. The Morgan fingerprint density at radius 3 is 2.81 bits per heavy atom. The SMILES string of the molecule is CCCCCCC(C)NCC1CC=CCC1. The molecule has 0 aromatic rings. The van der Waals surface area contributed by atoms with Gasteiger partial charge in [-0.1, -0.05) is 44.8 Å². The zero-order valence-electron chi connectivity index (χ0n) is 11.2. The van der Waals surface area contributed by atoms with Gasteiger partial charge in [-0.2, -0.15) is 0 Å². The van der Waals surface area contributed by atoms with Crippen LogP contribution in [-0.2, 0) is 0 Å². The van der Waals surface area contributed by atoms with Crippen molar-refractivity contribution in [3.63, 3.8) is 0 Å². The number of rotatable bonds is 8. The zero-order valence-corrected chi connectivity index (χ0v) is 11.2. The maximum Gasteiger partial charge on any atom is 0.00388 e. The molecule has 1 nitrogen and oxygen atoms in total. The Morgan fingerprint density at radius 2 is 2.12 bits per heavy atom. The van der Waals surface area contributed by atoms with Gasteiger partial charge in [0.05, 0.1) is 0 Å². The van der Waals surface area contributed by atoms with Crippen molar-refractivity contribution in [1.29, 1.82) is 0 Å². The van der Waals surface area contributed by atoms with E-state index in [1.807, 2.05) is 0 Å². The van der Waals surface area contributed by atoms with Gasteiger partial charge in [0, 0.05) is 6.04 Å². The van der Waals surface area contributed by atoms with Crippen LogP contribution in [0.1, 0.15) is 65.2 Å². The lowest BCUT2D eigenvalue weighted by Gasteiger charge is -2.21. The molecule has 0 amide bonds. The van der Waals surface area contributed by atoms with E-state index in [-0.39, 0.29) is 0 Å². The average molecular weight is 223 g/mol. The van der Waals surface area contributed by atoms with Crippen molar-refractivity contribution < 1.29 is 0 Å². The Kier molecular flexibility index (Phi) is 7.58. The molecule has 0 heterocycles. The van der Waals surface area contributed by atoms with Crippen molar-refractivity contribution in [2.24, 2.45) is 5.92 Å². The maximum absolute atomic E-state index is 3.70. The van der Waals surface area contributed by atoms with Gasteiger partial charge in [0.1, 0.15) is 0 Å². The zero-order chi connectivity index (χ0) is 11.6. The van der Waals surface area contributed by atoms with Crippen molar-refractivity contribution in [3.8, 4) is 0 Å². The minimum absolute atomic E-state index is 0.711. The van der Waals surface area contributed by atoms with Crippen LogP contribution < -0.4 is 5.32 Å². The molecule has 0 saturated carbocycles. The quantitative estimate of drug-likeness (QED) is 0.478. The van der Waals surface area contributed by atoms with Crippen molar-refractivity contribution in [3.05, 3.63) is 12.2 Å². The average Bonchev–Trinajstić information content (AvgIpc) is 2.33. The van der Waals surface area contributed by atoms with E-state index in [2.05, 4.69) is 31.3 Å². The summed E-state index contributed by atoms with van der Waals surface area (Å²) in [6, 6.07) is 0.711. The summed E-state index contributed by atoms with van der Waals surface area (Å²) >= 11 is 0. The Balaban J connectivity index is 1.96. The lowest BCUT2D eigenvalue weighted by molar-refractivity contribution is 0.395. The summed E-state index contributed by atoms with van der Waals surface area (Å²) in [5.41, 5.74) is 0. The Morgan fingerprint density at radius 1 is 1.25 bits per heavy atom. The third-order valence-electron chi connectivity index (χ3n) is 3.62. The summed E-state index contributed by atoms with van der Waals surface area (Å²) in [6.07, 6.45) is 15.5. The number of hydrogen-bond acceptors (Lipinski definition) is 1. The van der Waals surface area contributed by atoms with E-state index >= 15 is 0 Å². The van der Waals surface area contributed by atoms with Gasteiger partial charge in [-0.15, -0.1) is 0 Å². The molecule has 2 atom stereocenters. The molecule has 16 heavy (non-hydrogen) atoms. The highest BCUT2D eigenvalue weighted by Gasteiger charge is 2.10. The summed E-state index contributed by atoms with van der Waals surface area (Å²) in [5, 5.41) is 3.70. The second-order valence-electron chi connectivity index (χ2n) is 5.31. The van der Waals surface area contributed by atoms with Crippen molar-refractivity contribution in [2.45, 2.75) is 71.3 Å². The maximum atomic E-state index is 3.70. The van der Waals surface area contributed by atoms with E-state index < -0.39 is 0 Å². The van der Waals surface area contributed by atoms with E-state index in [1.54, 1.807) is 0 Å². The Labute approximate surface area is 102 Å². The molecule has 1 aliphatic carbocycles. The minimum Gasteiger partial charge on any atom is -0.314 e. The lowest BCUT2D eigenvalue weighted by Crippen LogP contribution is -2.31. The molecule has 2 unspecified atom stereocenters. The molecule has 0 bridgehead atoms. The van der Waals surface area contributed by atoms with Crippen LogP contribution in [0.2, 0.25) is 0 Å². The molecule has 0 radical (unpaired) electrons. The second kappa shape index (κ2) is 8.81. The van der Waals surface area contributed by atoms with Gasteiger partial charge in [-0.3, -0.25) is 0 Å². The highest BCUT2D eigenvalue weighted by atomic mass is 14.9. The third kappa shape index (κ3) is 6.32. The molecular weight excluding hydrogens is 194 g/mol. The first-order valence-corrected chi connectivity index (χ1v) is 7.21. The fourth-order valence-corrected chi connectivity index (χ4v) is 2.39. The van der Waals surface area contributed by atoms with Gasteiger partial charge in [0.15, 0.2) is 0 Å². The van der Waals surface area contributed by atoms with E-state index in [9.17, 15) is 0 Å². The summed E-state index contributed by atoms with van der Waals surface area (Å²) < 4.78 is 0. The topological polar surface area (TPSA) is 12.0 Å². The first-order valence-electron chi connectivity index (χ1n) is 7.21. The van der Waals surface area contributed by atoms with Crippen LogP contribution in [0.15, 0.2) is 12.2 Å². The monoisotopic (exact) mass is 223 g/mol. The second-order valence-corrected chi connectivity index (χ2v) is 5.31. The number of allylic oxidation sites excluding steroid dienone is 2. The molecule has 0 spiro atoms. The van der Waals surface area contributed by atoms with Crippen LogP contribution in [0.3, 0.4) is 0 Å². The predicted octanol–water partition coefficient (Wildman–Crippen LogP) is 4.29. The third-order valence-corrected chi connectivity index (χ3v) is 3.62. The summed E-state index contributed by atoms with van der Waals surface area (Å²) in [5.74, 6) is 0.892. The first-order chi connectivity index (χ1) is 7.83. The normalized spacial score (nSPS) is 22.2. The highest BCUT2D eigenvalue weighted by Crippen LogP contribution is 2.17. The van der Waals surface area contributed by atoms with E-state index in [4.69, 9.17) is 0 Å². The van der Waals surface area contributed by atoms with E-state index in [0.717, 1.165) is 5.92 Å². The molecule has 1 heteroatoms. The number of hydrogen-bond donors (Lipinski definition) is 1. The highest BCUT2D eigenvalue weighted by molar-refractivity contribution is 4.90. The van der Waals surface area contributed by atoms with Gasteiger partial charge < -0.3 is 5.32 Å². The van der Waals surface area contributed by atoms with Crippen LogP contribution in [0.25, 0.3) is 0 Å². The molecule has 0 saturated heterocycles. The van der Waals surface area contributed by atoms with Gasteiger partial charge in [0.25, 0.3) is 0 Å². The van der Waals surface area contributed by atoms with Crippen LogP contribution in [0, 0.1) is 5.92 Å². The largest absolute Gasteiger partial charge is 0.314 e. The minimum atomic E-state index is 0.711. The summed E-state index contributed by atoms with van der Waals surface area (Å²) in [4.78, 5) is 0. The lowest BCUT2D eigenvalue weighted by atomic mass is 9.94. The first kappa shape index (κ1) is 13.8. The molecule has 94 valence electrons. The van der Waals surface area contributed by atoms with Gasteiger partial charge in [-0.25, -0.2) is 0 Å². The molecule has 0 aromatic heterocycles. The van der Waals surface area contributed by atoms with Crippen molar-refractivity contribution >= 4 is 0 Å². The van der Waals surface area contributed by atoms with Crippen molar-refractivity contribution in [2.75, 3.05) is 6.54 Å². The van der Waals surface area contributed by atoms with Crippen LogP contribution in [0.4, 0.5) is 0 Å². The Hall–Kier alpha value is -0.300. The standard InChI is InChI=1S/C15H29N/c1-3-4-5-7-10-14(2)16-13-15-11-8-6-9-12-15/h6,8,14-16H,3-5,7,9-13H2,1-2H3. The summed E-state index contributed by atoms with van der Waals surface area (Å²) in [7, 11) is 0. The van der Waals surface area contributed by atoms with Gasteiger partial charge in [-0.05, 0) is 45.1 Å².